The maximum Gasteiger partial charge on any atom is 0.0471 e. The zero-order chi connectivity index (χ0) is 9.26. The molecule has 2 heteroatoms. The average molecular weight is 183 g/mol. The molecule has 0 aliphatic carbocycles. The summed E-state index contributed by atoms with van der Waals surface area (Å²) >= 11 is 0. The van der Waals surface area contributed by atoms with E-state index < -0.39 is 0 Å². The van der Waals surface area contributed by atoms with E-state index in [0.29, 0.717) is 12.5 Å². The normalized spacial score (nSPS) is 41.5. The van der Waals surface area contributed by atoms with Crippen molar-refractivity contribution in [1.82, 2.24) is 4.90 Å². The molecule has 1 N–H and O–H groups in total. The van der Waals surface area contributed by atoms with Gasteiger partial charge in [-0.15, -0.1) is 0 Å². The summed E-state index contributed by atoms with van der Waals surface area (Å²) in [5, 5.41) is 9.12. The molecule has 0 saturated carbocycles. The number of aliphatic hydroxyl groups is 1. The molecule has 0 amide bonds. The third-order valence-electron chi connectivity index (χ3n) is 3.85. The average Bonchev–Trinajstić information content (AvgIpc) is 2.18. The van der Waals surface area contributed by atoms with Gasteiger partial charge in [0, 0.05) is 19.2 Å². The summed E-state index contributed by atoms with van der Waals surface area (Å²) < 4.78 is 0. The second-order valence-corrected chi connectivity index (χ2v) is 4.81. The van der Waals surface area contributed by atoms with Crippen molar-refractivity contribution in [3.05, 3.63) is 0 Å². The van der Waals surface area contributed by atoms with Crippen LogP contribution in [0.3, 0.4) is 0 Å². The van der Waals surface area contributed by atoms with Crippen LogP contribution in [0.5, 0.6) is 0 Å². The summed E-state index contributed by atoms with van der Waals surface area (Å²) in [7, 11) is 0. The quantitative estimate of drug-likeness (QED) is 0.666. The van der Waals surface area contributed by atoms with Crippen molar-refractivity contribution in [2.45, 2.75) is 38.6 Å². The van der Waals surface area contributed by atoms with Gasteiger partial charge in [0.2, 0.25) is 0 Å². The largest absolute Gasteiger partial charge is 0.396 e. The standard InChI is InChI=1S/C11H21NO/c1-9-3-2-6-12-7-10(8-13)4-5-11(9)12/h9-11,13H,2-8H2,1H3/t9-,10-,11-/m1/s1. The van der Waals surface area contributed by atoms with E-state index in [1.807, 2.05) is 0 Å². The van der Waals surface area contributed by atoms with E-state index in [1.54, 1.807) is 0 Å². The first kappa shape index (κ1) is 9.47. The Kier molecular flexibility index (Phi) is 2.89. The molecular weight excluding hydrogens is 162 g/mol. The Morgan fingerprint density at radius 1 is 1.31 bits per heavy atom. The minimum absolute atomic E-state index is 0.387. The van der Waals surface area contributed by atoms with Crippen molar-refractivity contribution < 1.29 is 5.11 Å². The zero-order valence-electron chi connectivity index (χ0n) is 8.58. The molecule has 2 heterocycles. The predicted molar refractivity (Wildman–Crippen MR) is 53.6 cm³/mol. The molecule has 3 atom stereocenters. The summed E-state index contributed by atoms with van der Waals surface area (Å²) in [6.07, 6.45) is 5.31. The molecule has 13 heavy (non-hydrogen) atoms. The fourth-order valence-corrected chi connectivity index (χ4v) is 3.01. The van der Waals surface area contributed by atoms with Crippen molar-refractivity contribution in [3.8, 4) is 0 Å². The number of rotatable bonds is 1. The van der Waals surface area contributed by atoms with Crippen molar-refractivity contribution in [3.63, 3.8) is 0 Å². The predicted octanol–water partition coefficient (Wildman–Crippen LogP) is 1.49. The molecule has 2 rings (SSSR count). The fraction of sp³-hybridized carbons (Fsp3) is 1.00. The lowest BCUT2D eigenvalue weighted by Gasteiger charge is -2.45. The van der Waals surface area contributed by atoms with E-state index in [2.05, 4.69) is 11.8 Å². The molecule has 2 nitrogen and oxygen atoms in total. The third-order valence-corrected chi connectivity index (χ3v) is 3.85. The molecule has 0 bridgehead atoms. The van der Waals surface area contributed by atoms with Crippen LogP contribution in [0, 0.1) is 11.8 Å². The lowest BCUT2D eigenvalue weighted by Crippen LogP contribution is -2.50. The molecule has 2 fully saturated rings. The van der Waals surface area contributed by atoms with Gasteiger partial charge in [0.25, 0.3) is 0 Å². The molecule has 0 aromatic carbocycles. The smallest absolute Gasteiger partial charge is 0.0471 e. The summed E-state index contributed by atoms with van der Waals surface area (Å²) in [5.41, 5.74) is 0. The Labute approximate surface area is 80.9 Å². The van der Waals surface area contributed by atoms with Gasteiger partial charge in [0.05, 0.1) is 0 Å². The Bertz CT molecular complexity index is 171. The first-order valence-corrected chi connectivity index (χ1v) is 5.66. The first-order valence-electron chi connectivity index (χ1n) is 5.66. The number of fused-ring (bicyclic) bond motifs is 1. The van der Waals surface area contributed by atoms with E-state index in [0.717, 1.165) is 18.5 Å². The molecule has 2 aliphatic rings. The summed E-state index contributed by atoms with van der Waals surface area (Å²) in [6.45, 7) is 5.19. The Morgan fingerprint density at radius 3 is 2.92 bits per heavy atom. The van der Waals surface area contributed by atoms with Crippen LogP contribution in [0.15, 0.2) is 0 Å². The summed E-state index contributed by atoms with van der Waals surface area (Å²) in [6, 6.07) is 0.830. The molecule has 76 valence electrons. The van der Waals surface area contributed by atoms with E-state index >= 15 is 0 Å². The maximum atomic E-state index is 9.12. The maximum absolute atomic E-state index is 9.12. The molecule has 0 aromatic rings. The van der Waals surface area contributed by atoms with Crippen LogP contribution in [0.2, 0.25) is 0 Å². The van der Waals surface area contributed by atoms with Crippen LogP contribution < -0.4 is 0 Å². The van der Waals surface area contributed by atoms with E-state index in [4.69, 9.17) is 5.11 Å². The van der Waals surface area contributed by atoms with Crippen LogP contribution in [0.25, 0.3) is 0 Å². The van der Waals surface area contributed by atoms with E-state index in [1.165, 1.54) is 32.2 Å². The molecule has 2 saturated heterocycles. The Hall–Kier alpha value is -0.0800. The van der Waals surface area contributed by atoms with Gasteiger partial charge in [0.1, 0.15) is 0 Å². The van der Waals surface area contributed by atoms with Crippen molar-refractivity contribution in [2.24, 2.45) is 11.8 Å². The summed E-state index contributed by atoms with van der Waals surface area (Å²) in [4.78, 5) is 2.61. The molecular formula is C11H21NO. The minimum Gasteiger partial charge on any atom is -0.396 e. The highest BCUT2D eigenvalue weighted by atomic mass is 16.3. The molecule has 0 unspecified atom stereocenters. The van der Waals surface area contributed by atoms with E-state index in [9.17, 15) is 0 Å². The zero-order valence-corrected chi connectivity index (χ0v) is 8.58. The van der Waals surface area contributed by atoms with Gasteiger partial charge >= 0.3 is 0 Å². The van der Waals surface area contributed by atoms with Gasteiger partial charge in [0.15, 0.2) is 0 Å². The molecule has 0 radical (unpaired) electrons. The number of piperidine rings is 2. The highest BCUT2D eigenvalue weighted by Crippen LogP contribution is 2.32. The van der Waals surface area contributed by atoms with Crippen LogP contribution in [-0.2, 0) is 0 Å². The number of hydrogen-bond acceptors (Lipinski definition) is 2. The minimum atomic E-state index is 0.387. The van der Waals surface area contributed by atoms with Gasteiger partial charge in [-0.05, 0) is 44.1 Å². The second-order valence-electron chi connectivity index (χ2n) is 4.81. The SMILES string of the molecule is C[C@@H]1CCCN2C[C@H](CO)CC[C@H]12. The number of hydrogen-bond donors (Lipinski definition) is 1. The molecule has 0 aromatic heterocycles. The van der Waals surface area contributed by atoms with Crippen LogP contribution in [0.1, 0.15) is 32.6 Å². The van der Waals surface area contributed by atoms with Crippen molar-refractivity contribution in [2.75, 3.05) is 19.7 Å². The van der Waals surface area contributed by atoms with Gasteiger partial charge in [-0.2, -0.15) is 0 Å². The van der Waals surface area contributed by atoms with Crippen LogP contribution in [-0.4, -0.2) is 35.7 Å². The highest BCUT2D eigenvalue weighted by Gasteiger charge is 2.33. The monoisotopic (exact) mass is 183 g/mol. The van der Waals surface area contributed by atoms with Crippen LogP contribution in [0.4, 0.5) is 0 Å². The topological polar surface area (TPSA) is 23.5 Å². The number of aliphatic hydroxyl groups excluding tert-OH is 1. The lowest BCUT2D eigenvalue weighted by molar-refractivity contribution is 0.0238. The first-order chi connectivity index (χ1) is 6.31. The van der Waals surface area contributed by atoms with Gasteiger partial charge in [-0.1, -0.05) is 6.92 Å². The fourth-order valence-electron chi connectivity index (χ4n) is 3.01. The third kappa shape index (κ3) is 1.89. The molecule has 0 spiro atoms. The van der Waals surface area contributed by atoms with E-state index in [-0.39, 0.29) is 0 Å². The van der Waals surface area contributed by atoms with Gasteiger partial charge in [-0.25, -0.2) is 0 Å². The Balaban J connectivity index is 1.95. The Morgan fingerprint density at radius 2 is 2.15 bits per heavy atom. The number of nitrogens with zero attached hydrogens (tertiary/aromatic N) is 1. The van der Waals surface area contributed by atoms with Crippen molar-refractivity contribution >= 4 is 0 Å². The van der Waals surface area contributed by atoms with Crippen molar-refractivity contribution in [1.29, 1.82) is 0 Å². The second kappa shape index (κ2) is 3.97. The summed E-state index contributed by atoms with van der Waals surface area (Å²) in [5.74, 6) is 1.44. The highest BCUT2D eigenvalue weighted by molar-refractivity contribution is 4.87. The van der Waals surface area contributed by atoms with Crippen LogP contribution >= 0.6 is 0 Å². The lowest BCUT2D eigenvalue weighted by atomic mass is 9.82. The van der Waals surface area contributed by atoms with Gasteiger partial charge in [-0.3, -0.25) is 4.90 Å². The van der Waals surface area contributed by atoms with Gasteiger partial charge < -0.3 is 5.11 Å². The molecule has 2 aliphatic heterocycles.